The van der Waals surface area contributed by atoms with E-state index in [1.165, 1.54) is 11.4 Å². The minimum absolute atomic E-state index is 0.116. The average Bonchev–Trinajstić information content (AvgIpc) is 3.24. The second-order valence-corrected chi connectivity index (χ2v) is 13.0. The van der Waals surface area contributed by atoms with Crippen LogP contribution in [0.15, 0.2) is 54.4 Å². The summed E-state index contributed by atoms with van der Waals surface area (Å²) in [6.07, 6.45) is 5.34. The highest BCUT2D eigenvalue weighted by atomic mass is 31.2. The fraction of sp³-hybridized carbons (Fsp3) is 0.548. The van der Waals surface area contributed by atoms with Crippen molar-refractivity contribution < 1.29 is 27.9 Å². The van der Waals surface area contributed by atoms with Gasteiger partial charge in [-0.3, -0.25) is 9.36 Å². The number of alkyl carbamates (subject to hydrolysis) is 1. The van der Waals surface area contributed by atoms with E-state index in [0.717, 1.165) is 25.0 Å². The van der Waals surface area contributed by atoms with Crippen molar-refractivity contribution in [2.24, 2.45) is 7.05 Å². The van der Waals surface area contributed by atoms with Gasteiger partial charge in [0.05, 0.1) is 24.4 Å². The number of amides is 1. The zero-order valence-electron chi connectivity index (χ0n) is 25.2. The van der Waals surface area contributed by atoms with E-state index in [0.29, 0.717) is 25.0 Å². The lowest BCUT2D eigenvalue weighted by Gasteiger charge is -2.30. The Kier molecular flexibility index (Phi) is 12.9. The van der Waals surface area contributed by atoms with E-state index < -0.39 is 24.8 Å². The van der Waals surface area contributed by atoms with Gasteiger partial charge in [0, 0.05) is 25.0 Å². The van der Waals surface area contributed by atoms with Crippen LogP contribution in [-0.2, 0) is 38.2 Å². The molecule has 222 valence electrons. The van der Waals surface area contributed by atoms with Crippen LogP contribution in [0.25, 0.3) is 0 Å². The molecule has 1 aromatic carbocycles. The molecule has 9 heteroatoms. The van der Waals surface area contributed by atoms with Gasteiger partial charge in [0.1, 0.15) is 5.60 Å². The number of rotatable bonds is 16. The van der Waals surface area contributed by atoms with Crippen LogP contribution in [0.5, 0.6) is 0 Å². The number of carbonyl (C=O) groups is 2. The SMILES string of the molecule is CCOP(=O)(C=C[C@@](C)(CCc1ccc(C(=O)CCCCc2ccccc2)n1C)NC(=O)OC(C)(C)C)OCC. The van der Waals surface area contributed by atoms with E-state index >= 15 is 0 Å². The lowest BCUT2D eigenvalue weighted by molar-refractivity contribution is 0.0480. The summed E-state index contributed by atoms with van der Waals surface area (Å²) in [7, 11) is -1.58. The highest BCUT2D eigenvalue weighted by Gasteiger charge is 2.29. The zero-order chi connectivity index (χ0) is 29.8. The maximum atomic E-state index is 13.1. The Morgan fingerprint density at radius 2 is 1.60 bits per heavy atom. The van der Waals surface area contributed by atoms with E-state index in [1.807, 2.05) is 48.9 Å². The van der Waals surface area contributed by atoms with E-state index in [9.17, 15) is 14.2 Å². The van der Waals surface area contributed by atoms with E-state index in [1.54, 1.807) is 40.7 Å². The first-order valence-electron chi connectivity index (χ1n) is 14.1. The minimum atomic E-state index is -3.47. The van der Waals surface area contributed by atoms with Gasteiger partial charge in [-0.2, -0.15) is 0 Å². The average molecular weight is 575 g/mol. The number of unbranched alkanes of at least 4 members (excludes halogenated alkanes) is 1. The lowest BCUT2D eigenvalue weighted by atomic mass is 9.95. The molecule has 0 aliphatic heterocycles. The van der Waals surface area contributed by atoms with Gasteiger partial charge in [-0.15, -0.1) is 0 Å². The summed E-state index contributed by atoms with van der Waals surface area (Å²) < 4.78 is 31.2. The Bertz CT molecular complexity index is 1160. The maximum absolute atomic E-state index is 13.1. The Labute approximate surface area is 240 Å². The van der Waals surface area contributed by atoms with Crippen LogP contribution in [0.2, 0.25) is 0 Å². The molecule has 0 radical (unpaired) electrons. The quantitative estimate of drug-likeness (QED) is 0.126. The molecule has 2 aromatic rings. The van der Waals surface area contributed by atoms with Gasteiger partial charge in [-0.25, -0.2) is 4.79 Å². The van der Waals surface area contributed by atoms with Crippen LogP contribution in [0.1, 0.15) is 89.0 Å². The first-order chi connectivity index (χ1) is 18.8. The molecule has 0 fully saturated rings. The van der Waals surface area contributed by atoms with Crippen molar-refractivity contribution in [1.29, 1.82) is 0 Å². The molecular weight excluding hydrogens is 527 g/mol. The molecule has 0 saturated carbocycles. The molecule has 0 unspecified atom stereocenters. The van der Waals surface area contributed by atoms with Gasteiger partial charge in [-0.1, -0.05) is 36.4 Å². The number of ether oxygens (including phenoxy) is 1. The van der Waals surface area contributed by atoms with Crippen LogP contribution in [-0.4, -0.2) is 40.8 Å². The van der Waals surface area contributed by atoms with Crippen LogP contribution < -0.4 is 5.32 Å². The summed E-state index contributed by atoms with van der Waals surface area (Å²) in [6, 6.07) is 14.1. The smallest absolute Gasteiger partial charge is 0.408 e. The first-order valence-corrected chi connectivity index (χ1v) is 15.7. The topological polar surface area (TPSA) is 95.9 Å². The van der Waals surface area contributed by atoms with Crippen molar-refractivity contribution >= 4 is 19.5 Å². The van der Waals surface area contributed by atoms with Gasteiger partial charge in [0.15, 0.2) is 5.78 Å². The molecule has 0 bridgehead atoms. The molecule has 1 aromatic heterocycles. The Morgan fingerprint density at radius 3 is 2.20 bits per heavy atom. The van der Waals surface area contributed by atoms with Crippen molar-refractivity contribution in [3.8, 4) is 0 Å². The summed E-state index contributed by atoms with van der Waals surface area (Å²) in [5.74, 6) is 1.53. The molecular formula is C31H47N2O6P. The standard InChI is InChI=1S/C31H47N2O6P/c1-8-37-40(36,38-9-2)24-23-31(6,32-29(35)39-30(3,4)5)22-21-26-19-20-27(33(26)7)28(34)18-14-13-17-25-15-11-10-12-16-25/h10-12,15-16,19-20,23-24H,8-9,13-14,17-18,21-22H2,1-7H3,(H,32,35)/t31-/m1/s1. The maximum Gasteiger partial charge on any atom is 0.408 e. The molecule has 1 amide bonds. The highest BCUT2D eigenvalue weighted by Crippen LogP contribution is 2.50. The molecule has 0 spiro atoms. The second kappa shape index (κ2) is 15.4. The molecule has 2 rings (SSSR count). The summed E-state index contributed by atoms with van der Waals surface area (Å²) in [6.45, 7) is 11.2. The fourth-order valence-corrected chi connectivity index (χ4v) is 5.80. The highest BCUT2D eigenvalue weighted by molar-refractivity contribution is 7.57. The summed E-state index contributed by atoms with van der Waals surface area (Å²) in [5.41, 5.74) is 1.32. The van der Waals surface area contributed by atoms with Gasteiger partial charge in [-0.05, 0) is 91.3 Å². The molecule has 1 atom stereocenters. The minimum Gasteiger partial charge on any atom is -0.444 e. The molecule has 1 N–H and O–H groups in total. The van der Waals surface area contributed by atoms with Crippen LogP contribution in [0, 0.1) is 0 Å². The van der Waals surface area contributed by atoms with E-state index in [2.05, 4.69) is 17.4 Å². The number of nitrogens with one attached hydrogen (secondary N) is 1. The number of aromatic nitrogens is 1. The molecule has 1 heterocycles. The van der Waals surface area contributed by atoms with E-state index in [4.69, 9.17) is 13.8 Å². The van der Waals surface area contributed by atoms with Crippen LogP contribution in [0.4, 0.5) is 4.79 Å². The van der Waals surface area contributed by atoms with Crippen molar-refractivity contribution in [3.63, 3.8) is 0 Å². The lowest BCUT2D eigenvalue weighted by Crippen LogP contribution is -2.47. The Hall–Kier alpha value is -2.67. The second-order valence-electron chi connectivity index (χ2n) is 11.1. The Balaban J connectivity index is 2.10. The third-order valence-electron chi connectivity index (χ3n) is 6.40. The van der Waals surface area contributed by atoms with Crippen LogP contribution >= 0.6 is 7.60 Å². The Morgan fingerprint density at radius 1 is 0.950 bits per heavy atom. The molecule has 8 nitrogen and oxygen atoms in total. The number of hydrogen-bond donors (Lipinski definition) is 1. The number of carbonyl (C=O) groups excluding carboxylic acids is 2. The van der Waals surface area contributed by atoms with Gasteiger partial charge in [0.2, 0.25) is 0 Å². The monoisotopic (exact) mass is 574 g/mol. The van der Waals surface area contributed by atoms with Crippen molar-refractivity contribution in [2.45, 2.75) is 91.2 Å². The van der Waals surface area contributed by atoms with Crippen molar-refractivity contribution in [3.05, 3.63) is 71.3 Å². The molecule has 40 heavy (non-hydrogen) atoms. The molecule has 0 saturated heterocycles. The molecule has 0 aliphatic rings. The summed E-state index contributed by atoms with van der Waals surface area (Å²) in [5, 5.41) is 2.92. The third kappa shape index (κ3) is 11.4. The van der Waals surface area contributed by atoms with Crippen LogP contribution in [0.3, 0.4) is 0 Å². The number of nitrogens with zero attached hydrogens (tertiary/aromatic N) is 1. The number of ketones is 1. The van der Waals surface area contributed by atoms with Gasteiger partial charge >= 0.3 is 13.7 Å². The predicted molar refractivity (Wildman–Crippen MR) is 160 cm³/mol. The predicted octanol–water partition coefficient (Wildman–Crippen LogP) is 7.62. The summed E-state index contributed by atoms with van der Waals surface area (Å²) >= 11 is 0. The van der Waals surface area contributed by atoms with Crippen molar-refractivity contribution in [2.75, 3.05) is 13.2 Å². The van der Waals surface area contributed by atoms with E-state index in [-0.39, 0.29) is 19.0 Å². The normalized spacial score (nSPS) is 13.8. The third-order valence-corrected chi connectivity index (χ3v) is 8.15. The number of Topliss-reactive ketones (excluding diaryl/α,β-unsaturated/α-hetero) is 1. The zero-order valence-corrected chi connectivity index (χ0v) is 26.1. The fourth-order valence-electron chi connectivity index (χ4n) is 4.32. The summed E-state index contributed by atoms with van der Waals surface area (Å²) in [4.78, 5) is 25.6. The van der Waals surface area contributed by atoms with Gasteiger partial charge < -0.3 is 23.7 Å². The largest absolute Gasteiger partial charge is 0.444 e. The number of aryl methyl sites for hydroxylation is 2. The van der Waals surface area contributed by atoms with Gasteiger partial charge in [0.25, 0.3) is 0 Å². The first kappa shape index (κ1) is 33.5. The molecule has 0 aliphatic carbocycles. The van der Waals surface area contributed by atoms with Crippen molar-refractivity contribution in [1.82, 2.24) is 9.88 Å². The number of hydrogen-bond acceptors (Lipinski definition) is 6. The number of benzene rings is 1.